The van der Waals surface area contributed by atoms with Gasteiger partial charge in [0.2, 0.25) is 5.91 Å². The first-order valence-electron chi connectivity index (χ1n) is 19.3. The molecule has 0 saturated carbocycles. The number of benzene rings is 3. The van der Waals surface area contributed by atoms with Crippen molar-refractivity contribution >= 4 is 29.2 Å². The Balaban J connectivity index is 0.935. The fourth-order valence-electron chi connectivity index (χ4n) is 8.26. The Kier molecular flexibility index (Phi) is 10.8. The summed E-state index contributed by atoms with van der Waals surface area (Å²) in [6.45, 7) is 1.24. The van der Waals surface area contributed by atoms with E-state index in [1.165, 1.54) is 7.05 Å². The number of likely N-dealkylation sites (tertiary alicyclic amines) is 2. The molecule has 2 aliphatic heterocycles. The highest BCUT2D eigenvalue weighted by atomic mass is 32.1. The molecule has 13 heteroatoms. The molecule has 3 amide bonds. The molecular weight excluding hydrogens is 737 g/mol. The van der Waals surface area contributed by atoms with Crippen molar-refractivity contribution in [2.75, 3.05) is 34.2 Å². The van der Waals surface area contributed by atoms with Crippen LogP contribution in [0.1, 0.15) is 71.9 Å². The number of carboxylic acid groups (broad SMARTS) is 1. The van der Waals surface area contributed by atoms with E-state index in [2.05, 4.69) is 58.5 Å². The van der Waals surface area contributed by atoms with Crippen LogP contribution >= 0.6 is 11.3 Å². The van der Waals surface area contributed by atoms with E-state index in [4.69, 9.17) is 9.97 Å². The molecule has 8 rings (SSSR count). The summed E-state index contributed by atoms with van der Waals surface area (Å²) in [5.74, 6) is 1.35. The molecular formula is C44H46N8O4S. The van der Waals surface area contributed by atoms with Crippen LogP contribution < -0.4 is 0 Å². The summed E-state index contributed by atoms with van der Waals surface area (Å²) < 4.78 is 0. The van der Waals surface area contributed by atoms with Gasteiger partial charge in [-0.3, -0.25) is 19.4 Å². The molecule has 0 spiro atoms. The zero-order chi connectivity index (χ0) is 39.6. The number of hydrogen-bond donors (Lipinski definition) is 3. The molecule has 12 nitrogen and oxygen atoms in total. The molecule has 2 saturated heterocycles. The Hall–Kier alpha value is -6.05. The molecule has 2 aliphatic rings. The van der Waals surface area contributed by atoms with Gasteiger partial charge in [-0.1, -0.05) is 84.9 Å². The summed E-state index contributed by atoms with van der Waals surface area (Å²) in [5, 5.41) is 11.8. The number of aromatic nitrogens is 4. The van der Waals surface area contributed by atoms with Crippen molar-refractivity contribution in [2.24, 2.45) is 0 Å². The molecule has 3 N–H and O–H groups in total. The van der Waals surface area contributed by atoms with E-state index in [1.54, 1.807) is 34.6 Å². The van der Waals surface area contributed by atoms with Crippen LogP contribution in [0.15, 0.2) is 109 Å². The average molecular weight is 783 g/mol. The summed E-state index contributed by atoms with van der Waals surface area (Å²) in [6, 6.07) is 28.1. The highest BCUT2D eigenvalue weighted by Gasteiger charge is 2.40. The Morgan fingerprint density at radius 2 is 1.18 bits per heavy atom. The summed E-state index contributed by atoms with van der Waals surface area (Å²) >= 11 is 1.61. The van der Waals surface area contributed by atoms with Gasteiger partial charge in [0, 0.05) is 25.0 Å². The number of likely N-dealkylation sites (N-methyl/N-ethyl adjacent to an activating group) is 2. The van der Waals surface area contributed by atoms with E-state index in [0.29, 0.717) is 24.5 Å². The number of nitrogens with one attached hydrogen (secondary N) is 2. The Labute approximate surface area is 335 Å². The van der Waals surface area contributed by atoms with Gasteiger partial charge in [-0.15, -0.1) is 11.3 Å². The first kappa shape index (κ1) is 37.9. The molecule has 0 radical (unpaired) electrons. The third-order valence-electron chi connectivity index (χ3n) is 11.2. The SMILES string of the molecule is CN(C)C(C(=O)N1CCC[C@H]1c1ncc(-c2ccc(-c3ccc(-c4cnc([C@@H]5CCCN5C(=O)[C@@H](c5ccccc5)N(C)C(=O)O)[nH]4)cc3)cc2)[nH]1)c1cccs1. The van der Waals surface area contributed by atoms with Crippen LogP contribution in [0, 0.1) is 0 Å². The van der Waals surface area contributed by atoms with E-state index in [-0.39, 0.29) is 29.9 Å². The first-order valence-corrected chi connectivity index (χ1v) is 20.2. The second-order valence-corrected chi connectivity index (χ2v) is 16.0. The molecule has 0 aliphatic carbocycles. The third kappa shape index (κ3) is 7.60. The molecule has 292 valence electrons. The number of carbonyl (C=O) groups is 3. The number of hydrogen-bond acceptors (Lipinski definition) is 7. The monoisotopic (exact) mass is 782 g/mol. The lowest BCUT2D eigenvalue weighted by Crippen LogP contribution is -2.43. The lowest BCUT2D eigenvalue weighted by atomic mass is 10.0. The molecule has 57 heavy (non-hydrogen) atoms. The lowest BCUT2D eigenvalue weighted by Gasteiger charge is -2.32. The van der Waals surface area contributed by atoms with Gasteiger partial charge < -0.3 is 24.9 Å². The second kappa shape index (κ2) is 16.2. The van der Waals surface area contributed by atoms with Crippen molar-refractivity contribution in [3.8, 4) is 33.6 Å². The highest BCUT2D eigenvalue weighted by Crippen LogP contribution is 2.38. The maximum Gasteiger partial charge on any atom is 0.407 e. The van der Waals surface area contributed by atoms with Crippen LogP contribution in [0.4, 0.5) is 4.79 Å². The zero-order valence-electron chi connectivity index (χ0n) is 32.2. The maximum atomic E-state index is 13.9. The Bertz CT molecular complexity index is 2320. The van der Waals surface area contributed by atoms with Gasteiger partial charge in [0.05, 0.1) is 35.9 Å². The number of H-pyrrole nitrogens is 2. The van der Waals surface area contributed by atoms with Crippen LogP contribution in [-0.2, 0) is 9.59 Å². The number of imidazole rings is 2. The average Bonchev–Trinajstić information content (AvgIpc) is 4.08. The van der Waals surface area contributed by atoms with Gasteiger partial charge in [0.25, 0.3) is 5.91 Å². The van der Waals surface area contributed by atoms with E-state index in [0.717, 1.165) is 74.9 Å². The normalized spacial score (nSPS) is 17.9. The number of thiophene rings is 1. The van der Waals surface area contributed by atoms with Gasteiger partial charge in [0.1, 0.15) is 23.7 Å². The maximum absolute atomic E-state index is 13.9. The Morgan fingerprint density at radius 3 is 1.63 bits per heavy atom. The standard InChI is InChI=1S/C44H46N8O4S/c1-49(2)39(37-14-9-25-57-37)43(54)52-24-8-13-36(52)41-46-27-34(48-41)31-21-17-29(18-22-31)28-15-19-30(20-16-28)33-26-45-40(47-33)35-12-7-23-51(35)42(53)38(50(3)44(55)56)32-10-5-4-6-11-32/h4-6,9-11,14-22,25-27,35-36,38-39H,7-8,12-13,23-24H2,1-3H3,(H,45,47)(H,46,48)(H,55,56)/t35-,36-,38+,39?/m0/s1. The van der Waals surface area contributed by atoms with Crippen molar-refractivity contribution in [1.82, 2.24) is 39.5 Å². The van der Waals surface area contributed by atoms with E-state index in [1.807, 2.05) is 65.8 Å². The molecule has 3 aromatic heterocycles. The molecule has 0 bridgehead atoms. The van der Waals surface area contributed by atoms with Gasteiger partial charge in [-0.05, 0) is 79.0 Å². The molecule has 1 unspecified atom stereocenters. The van der Waals surface area contributed by atoms with Crippen LogP contribution in [0.2, 0.25) is 0 Å². The van der Waals surface area contributed by atoms with Gasteiger partial charge >= 0.3 is 6.09 Å². The van der Waals surface area contributed by atoms with E-state index >= 15 is 0 Å². The lowest BCUT2D eigenvalue weighted by molar-refractivity contribution is -0.138. The highest BCUT2D eigenvalue weighted by molar-refractivity contribution is 7.10. The number of carbonyl (C=O) groups excluding carboxylic acids is 2. The van der Waals surface area contributed by atoms with Crippen LogP contribution in [0.3, 0.4) is 0 Å². The van der Waals surface area contributed by atoms with Gasteiger partial charge in [-0.2, -0.15) is 0 Å². The van der Waals surface area contributed by atoms with Crippen molar-refractivity contribution in [3.05, 3.63) is 131 Å². The summed E-state index contributed by atoms with van der Waals surface area (Å²) in [6.07, 6.45) is 5.84. The quantitative estimate of drug-likeness (QED) is 0.120. The van der Waals surface area contributed by atoms with Gasteiger partial charge in [0.15, 0.2) is 0 Å². The predicted molar refractivity (Wildman–Crippen MR) is 220 cm³/mol. The predicted octanol–water partition coefficient (Wildman–Crippen LogP) is 8.18. The number of aromatic amines is 2. The van der Waals surface area contributed by atoms with Crippen LogP contribution in [-0.4, -0.2) is 96.8 Å². The Morgan fingerprint density at radius 1 is 0.684 bits per heavy atom. The molecule has 4 atom stereocenters. The molecule has 3 aromatic carbocycles. The fourth-order valence-corrected chi connectivity index (χ4v) is 9.17. The van der Waals surface area contributed by atoms with Crippen LogP contribution in [0.25, 0.3) is 33.6 Å². The van der Waals surface area contributed by atoms with Crippen LogP contribution in [0.5, 0.6) is 0 Å². The molecule has 5 heterocycles. The minimum absolute atomic E-state index is 0.0881. The van der Waals surface area contributed by atoms with Gasteiger partial charge in [-0.25, -0.2) is 14.8 Å². The fraction of sp³-hybridized carbons (Fsp3) is 0.295. The smallest absolute Gasteiger partial charge is 0.407 e. The largest absolute Gasteiger partial charge is 0.465 e. The molecule has 2 fully saturated rings. The minimum Gasteiger partial charge on any atom is -0.465 e. The topological polar surface area (TPSA) is 142 Å². The third-order valence-corrected chi connectivity index (χ3v) is 12.1. The summed E-state index contributed by atoms with van der Waals surface area (Å²) in [4.78, 5) is 64.0. The number of nitrogens with zero attached hydrogens (tertiary/aromatic N) is 6. The number of rotatable bonds is 11. The summed E-state index contributed by atoms with van der Waals surface area (Å²) in [5.41, 5.74) is 6.51. The second-order valence-electron chi connectivity index (χ2n) is 15.0. The minimum atomic E-state index is -1.16. The first-order chi connectivity index (χ1) is 27.7. The van der Waals surface area contributed by atoms with Crippen molar-refractivity contribution in [2.45, 2.75) is 49.9 Å². The number of amides is 3. The van der Waals surface area contributed by atoms with Crippen molar-refractivity contribution < 1.29 is 19.5 Å². The van der Waals surface area contributed by atoms with Crippen molar-refractivity contribution in [1.29, 1.82) is 0 Å². The van der Waals surface area contributed by atoms with E-state index < -0.39 is 12.1 Å². The summed E-state index contributed by atoms with van der Waals surface area (Å²) in [7, 11) is 5.35. The molecule has 6 aromatic rings. The van der Waals surface area contributed by atoms with E-state index in [9.17, 15) is 19.5 Å². The van der Waals surface area contributed by atoms with Crippen molar-refractivity contribution in [3.63, 3.8) is 0 Å². The zero-order valence-corrected chi connectivity index (χ0v) is 33.0.